The van der Waals surface area contributed by atoms with E-state index >= 15 is 0 Å². The molecule has 0 N–H and O–H groups in total. The lowest BCUT2D eigenvalue weighted by Gasteiger charge is -2.05. The second kappa shape index (κ2) is 5.05. The number of aryl methyl sites for hydroxylation is 1. The molecular weight excluding hydrogens is 271 g/mol. The zero-order valence-electron chi connectivity index (χ0n) is 11.6. The van der Waals surface area contributed by atoms with E-state index in [4.69, 9.17) is 9.15 Å². The second-order valence-corrected chi connectivity index (χ2v) is 4.78. The fraction of sp³-hybridized carbons (Fsp3) is 0.118. The van der Waals surface area contributed by atoms with Crippen molar-refractivity contribution in [1.82, 2.24) is 0 Å². The summed E-state index contributed by atoms with van der Waals surface area (Å²) in [6.07, 6.45) is 0. The molecule has 21 heavy (non-hydrogen) atoms. The molecule has 1 aromatic heterocycles. The highest BCUT2D eigenvalue weighted by molar-refractivity contribution is 6.09. The maximum absolute atomic E-state index is 13.6. The number of hydrogen-bond acceptors (Lipinski definition) is 3. The molecule has 0 bridgehead atoms. The van der Waals surface area contributed by atoms with Gasteiger partial charge in [-0.2, -0.15) is 0 Å². The minimum atomic E-state index is -0.479. The molecule has 1 heterocycles. The molecule has 2 aromatic carbocycles. The van der Waals surface area contributed by atoms with Gasteiger partial charge in [-0.25, -0.2) is 4.39 Å². The third-order valence-corrected chi connectivity index (χ3v) is 3.39. The number of ketones is 1. The number of methoxy groups -OCH3 is 1. The SMILES string of the molecule is COc1cc(C(=O)c2cc3cccc(F)c3o2)ccc1C. The number of furan rings is 1. The van der Waals surface area contributed by atoms with Gasteiger partial charge < -0.3 is 9.15 Å². The summed E-state index contributed by atoms with van der Waals surface area (Å²) in [5.41, 5.74) is 1.47. The Kier molecular flexibility index (Phi) is 3.22. The normalized spacial score (nSPS) is 10.8. The van der Waals surface area contributed by atoms with Gasteiger partial charge in [0.25, 0.3) is 0 Å². The fourth-order valence-corrected chi connectivity index (χ4v) is 2.24. The molecule has 3 rings (SSSR count). The van der Waals surface area contributed by atoms with E-state index < -0.39 is 5.82 Å². The molecular formula is C17H13FO3. The average Bonchev–Trinajstić information content (AvgIpc) is 2.92. The molecule has 3 nitrogen and oxygen atoms in total. The van der Waals surface area contributed by atoms with Crippen LogP contribution in [0.4, 0.5) is 4.39 Å². The maximum Gasteiger partial charge on any atom is 0.228 e. The zero-order valence-corrected chi connectivity index (χ0v) is 11.6. The van der Waals surface area contributed by atoms with E-state index in [1.54, 1.807) is 43.5 Å². The van der Waals surface area contributed by atoms with Crippen LogP contribution >= 0.6 is 0 Å². The van der Waals surface area contributed by atoms with Gasteiger partial charge in [0, 0.05) is 10.9 Å². The smallest absolute Gasteiger partial charge is 0.228 e. The topological polar surface area (TPSA) is 39.4 Å². The maximum atomic E-state index is 13.6. The van der Waals surface area contributed by atoms with E-state index in [1.807, 2.05) is 6.92 Å². The van der Waals surface area contributed by atoms with Crippen molar-refractivity contribution in [3.05, 3.63) is 65.2 Å². The van der Waals surface area contributed by atoms with Crippen molar-refractivity contribution in [2.24, 2.45) is 0 Å². The molecule has 3 aromatic rings. The standard InChI is InChI=1S/C17H13FO3/c1-10-6-7-11(8-14(10)20-2)16(19)15-9-12-4-3-5-13(18)17(12)21-15/h3-9H,1-2H3. The van der Waals surface area contributed by atoms with Crippen LogP contribution in [0.1, 0.15) is 21.7 Å². The lowest BCUT2D eigenvalue weighted by molar-refractivity contribution is 0.101. The van der Waals surface area contributed by atoms with E-state index in [1.165, 1.54) is 6.07 Å². The van der Waals surface area contributed by atoms with E-state index in [9.17, 15) is 9.18 Å². The number of carbonyl (C=O) groups is 1. The van der Waals surface area contributed by atoms with Gasteiger partial charge in [0.15, 0.2) is 17.2 Å². The third-order valence-electron chi connectivity index (χ3n) is 3.39. The number of rotatable bonds is 3. The Morgan fingerprint density at radius 1 is 1.19 bits per heavy atom. The molecule has 0 spiro atoms. The van der Waals surface area contributed by atoms with Crippen LogP contribution in [0.25, 0.3) is 11.0 Å². The van der Waals surface area contributed by atoms with Crippen molar-refractivity contribution >= 4 is 16.8 Å². The van der Waals surface area contributed by atoms with Gasteiger partial charge >= 0.3 is 0 Å². The van der Waals surface area contributed by atoms with E-state index in [-0.39, 0.29) is 17.1 Å². The van der Waals surface area contributed by atoms with Gasteiger partial charge in [-0.05, 0) is 30.7 Å². The summed E-state index contributed by atoms with van der Waals surface area (Å²) in [5, 5.41) is 0.567. The van der Waals surface area contributed by atoms with Crippen molar-refractivity contribution in [2.45, 2.75) is 6.92 Å². The quantitative estimate of drug-likeness (QED) is 0.679. The summed E-state index contributed by atoms with van der Waals surface area (Å²) in [4.78, 5) is 12.4. The van der Waals surface area contributed by atoms with Crippen molar-refractivity contribution < 1.29 is 18.3 Å². The summed E-state index contributed by atoms with van der Waals surface area (Å²) in [7, 11) is 1.55. The molecule has 0 amide bonds. The predicted octanol–water partition coefficient (Wildman–Crippen LogP) is 4.12. The number of halogens is 1. The molecule has 106 valence electrons. The monoisotopic (exact) mass is 284 g/mol. The Balaban J connectivity index is 2.06. The van der Waals surface area contributed by atoms with Crippen LogP contribution in [0.2, 0.25) is 0 Å². The average molecular weight is 284 g/mol. The van der Waals surface area contributed by atoms with Crippen LogP contribution in [0, 0.1) is 12.7 Å². The Hall–Kier alpha value is -2.62. The first-order chi connectivity index (χ1) is 10.1. The molecule has 0 unspecified atom stereocenters. The first-order valence-corrected chi connectivity index (χ1v) is 6.47. The van der Waals surface area contributed by atoms with Gasteiger partial charge in [0.1, 0.15) is 5.75 Å². The van der Waals surface area contributed by atoms with Crippen LogP contribution in [0.15, 0.2) is 46.9 Å². The largest absolute Gasteiger partial charge is 0.496 e. The number of fused-ring (bicyclic) bond motifs is 1. The second-order valence-electron chi connectivity index (χ2n) is 4.78. The van der Waals surface area contributed by atoms with E-state index in [0.717, 1.165) is 5.56 Å². The first-order valence-electron chi connectivity index (χ1n) is 6.47. The summed E-state index contributed by atoms with van der Waals surface area (Å²) in [5.74, 6) is -0.0407. The number of para-hydroxylation sites is 1. The fourth-order valence-electron chi connectivity index (χ4n) is 2.24. The number of ether oxygens (including phenoxy) is 1. The Bertz CT molecular complexity index is 833. The van der Waals surface area contributed by atoms with Crippen molar-refractivity contribution in [1.29, 1.82) is 0 Å². The lowest BCUT2D eigenvalue weighted by Crippen LogP contribution is -2.00. The molecule has 0 aliphatic heterocycles. The van der Waals surface area contributed by atoms with Crippen LogP contribution in [-0.2, 0) is 0 Å². The predicted molar refractivity (Wildman–Crippen MR) is 77.3 cm³/mol. The van der Waals surface area contributed by atoms with Gasteiger partial charge in [-0.1, -0.05) is 24.3 Å². The van der Waals surface area contributed by atoms with Gasteiger partial charge in [0.05, 0.1) is 7.11 Å². The third kappa shape index (κ3) is 2.29. The highest BCUT2D eigenvalue weighted by Crippen LogP contribution is 2.26. The Morgan fingerprint density at radius 2 is 2.00 bits per heavy atom. The number of benzene rings is 2. The molecule has 0 saturated carbocycles. The zero-order chi connectivity index (χ0) is 15.0. The highest BCUT2D eigenvalue weighted by atomic mass is 19.1. The summed E-state index contributed by atoms with van der Waals surface area (Å²) < 4.78 is 24.2. The number of carbonyl (C=O) groups excluding carboxylic acids is 1. The Labute approximate surface area is 120 Å². The molecule has 0 aliphatic carbocycles. The summed E-state index contributed by atoms with van der Waals surface area (Å²) >= 11 is 0. The molecule has 0 fully saturated rings. The minimum absolute atomic E-state index is 0.0972. The molecule has 0 atom stereocenters. The van der Waals surface area contributed by atoms with Crippen molar-refractivity contribution in [3.8, 4) is 5.75 Å². The number of hydrogen-bond donors (Lipinski definition) is 0. The first kappa shape index (κ1) is 13.4. The van der Waals surface area contributed by atoms with Gasteiger partial charge in [-0.3, -0.25) is 4.79 Å². The van der Waals surface area contributed by atoms with E-state index in [2.05, 4.69) is 0 Å². The molecule has 0 saturated heterocycles. The highest BCUT2D eigenvalue weighted by Gasteiger charge is 2.17. The summed E-state index contributed by atoms with van der Waals surface area (Å²) in [6.45, 7) is 1.89. The van der Waals surface area contributed by atoms with Crippen LogP contribution in [-0.4, -0.2) is 12.9 Å². The van der Waals surface area contributed by atoms with Crippen LogP contribution in [0.5, 0.6) is 5.75 Å². The van der Waals surface area contributed by atoms with Gasteiger partial charge in [-0.15, -0.1) is 0 Å². The lowest BCUT2D eigenvalue weighted by atomic mass is 10.1. The van der Waals surface area contributed by atoms with Crippen molar-refractivity contribution in [3.63, 3.8) is 0 Å². The minimum Gasteiger partial charge on any atom is -0.496 e. The van der Waals surface area contributed by atoms with E-state index in [0.29, 0.717) is 16.7 Å². The van der Waals surface area contributed by atoms with Gasteiger partial charge in [0.2, 0.25) is 5.78 Å². The molecule has 4 heteroatoms. The summed E-state index contributed by atoms with van der Waals surface area (Å²) in [6, 6.07) is 11.3. The van der Waals surface area contributed by atoms with Crippen molar-refractivity contribution in [2.75, 3.05) is 7.11 Å². The Morgan fingerprint density at radius 3 is 2.71 bits per heavy atom. The van der Waals surface area contributed by atoms with Crippen LogP contribution in [0.3, 0.4) is 0 Å². The molecule has 0 aliphatic rings. The molecule has 0 radical (unpaired) electrons. The van der Waals surface area contributed by atoms with Crippen LogP contribution < -0.4 is 4.74 Å².